The maximum atomic E-state index is 12.6. The topological polar surface area (TPSA) is 89.0 Å². The average molecular weight is 381 g/mol. The molecule has 7 nitrogen and oxygen atoms in total. The van der Waals surface area contributed by atoms with E-state index in [-0.39, 0.29) is 24.3 Å². The molecule has 28 heavy (non-hydrogen) atoms. The number of guanidine groups is 1. The summed E-state index contributed by atoms with van der Waals surface area (Å²) in [6.07, 6.45) is 1.18. The molecule has 2 N–H and O–H groups in total. The zero-order chi connectivity index (χ0) is 20.1. The third-order valence-corrected chi connectivity index (χ3v) is 4.54. The average Bonchev–Trinajstić information content (AvgIpc) is 2.72. The van der Waals surface area contributed by atoms with Crippen LogP contribution < -0.4 is 20.1 Å². The molecular weight excluding hydrogens is 358 g/mol. The Morgan fingerprint density at radius 1 is 1.14 bits per heavy atom. The molecule has 0 fully saturated rings. The number of hydrogen-bond acceptors (Lipinski definition) is 5. The summed E-state index contributed by atoms with van der Waals surface area (Å²) < 4.78 is 10.4. The lowest BCUT2D eigenvalue weighted by molar-refractivity contribution is -0.120. The Hall–Kier alpha value is -3.35. The van der Waals surface area contributed by atoms with E-state index in [0.717, 1.165) is 12.0 Å². The van der Waals surface area contributed by atoms with Gasteiger partial charge in [-0.05, 0) is 29.7 Å². The molecule has 1 atom stereocenters. The lowest BCUT2D eigenvalue weighted by Crippen LogP contribution is -2.47. The minimum Gasteiger partial charge on any atom is -0.497 e. The fraction of sp³-hybridized carbons (Fsp3) is 0.286. The van der Waals surface area contributed by atoms with E-state index in [9.17, 15) is 9.59 Å². The van der Waals surface area contributed by atoms with E-state index < -0.39 is 5.91 Å². The van der Waals surface area contributed by atoms with Gasteiger partial charge in [0.1, 0.15) is 11.5 Å². The first-order chi connectivity index (χ1) is 13.5. The largest absolute Gasteiger partial charge is 0.497 e. The molecule has 3 rings (SSSR count). The van der Waals surface area contributed by atoms with Gasteiger partial charge >= 0.3 is 0 Å². The molecule has 7 heteroatoms. The summed E-state index contributed by atoms with van der Waals surface area (Å²) in [5.41, 5.74) is 2.48. The van der Waals surface area contributed by atoms with Crippen LogP contribution in [0.3, 0.4) is 0 Å². The molecular formula is C21H23N3O4. The summed E-state index contributed by atoms with van der Waals surface area (Å²) in [5, 5.41) is 5.27. The van der Waals surface area contributed by atoms with Crippen LogP contribution >= 0.6 is 0 Å². The van der Waals surface area contributed by atoms with Gasteiger partial charge in [-0.2, -0.15) is 0 Å². The number of amides is 2. The first-order valence-corrected chi connectivity index (χ1v) is 9.03. The molecule has 0 aliphatic carbocycles. The van der Waals surface area contributed by atoms with Gasteiger partial charge in [0, 0.05) is 11.6 Å². The lowest BCUT2D eigenvalue weighted by Gasteiger charge is -2.21. The van der Waals surface area contributed by atoms with Crippen LogP contribution in [0.15, 0.2) is 47.5 Å². The first kappa shape index (κ1) is 19.4. The Kier molecular flexibility index (Phi) is 5.93. The molecule has 0 saturated heterocycles. The highest BCUT2D eigenvalue weighted by atomic mass is 16.5. The second-order valence-corrected chi connectivity index (χ2v) is 6.40. The summed E-state index contributed by atoms with van der Waals surface area (Å²) in [6.45, 7) is 2.09. The molecule has 1 unspecified atom stereocenters. The summed E-state index contributed by atoms with van der Waals surface area (Å²) in [7, 11) is 3.02. The highest BCUT2D eigenvalue weighted by Gasteiger charge is 2.24. The fourth-order valence-electron chi connectivity index (χ4n) is 2.94. The Morgan fingerprint density at radius 2 is 1.79 bits per heavy atom. The zero-order valence-corrected chi connectivity index (χ0v) is 16.1. The second kappa shape index (κ2) is 8.56. The van der Waals surface area contributed by atoms with E-state index in [1.54, 1.807) is 18.2 Å². The number of rotatable bonds is 5. The number of methoxy groups -OCH3 is 2. The number of carbonyl (C=O) groups excluding carboxylic acids is 2. The summed E-state index contributed by atoms with van der Waals surface area (Å²) in [5.74, 6) is 0.505. The Morgan fingerprint density at radius 3 is 2.36 bits per heavy atom. The van der Waals surface area contributed by atoms with Gasteiger partial charge in [0.2, 0.25) is 11.9 Å². The number of hydrogen-bond donors (Lipinski definition) is 2. The number of nitrogens with zero attached hydrogens (tertiary/aromatic N) is 1. The Bertz CT molecular complexity index is 884. The maximum absolute atomic E-state index is 12.6. The van der Waals surface area contributed by atoms with Crippen LogP contribution in [0.1, 0.15) is 40.9 Å². The smallest absolute Gasteiger partial charge is 0.258 e. The lowest BCUT2D eigenvalue weighted by atomic mass is 10.0. The third-order valence-electron chi connectivity index (χ3n) is 4.54. The van der Waals surface area contributed by atoms with Gasteiger partial charge in [-0.1, -0.05) is 31.2 Å². The molecule has 146 valence electrons. The van der Waals surface area contributed by atoms with Crippen molar-refractivity contribution in [1.82, 2.24) is 10.6 Å². The van der Waals surface area contributed by atoms with Crippen molar-refractivity contribution in [1.29, 1.82) is 0 Å². The van der Waals surface area contributed by atoms with Gasteiger partial charge in [0.05, 0.1) is 26.7 Å². The van der Waals surface area contributed by atoms with Crippen LogP contribution in [0, 0.1) is 0 Å². The molecule has 1 aliphatic heterocycles. The SMILES string of the molecule is CCc1ccc(C2CC(=O)NC(NC(=O)c3cc(OC)cc(OC)c3)=N2)cc1. The highest BCUT2D eigenvalue weighted by Crippen LogP contribution is 2.25. The van der Waals surface area contributed by atoms with Gasteiger partial charge in [-0.3, -0.25) is 20.2 Å². The van der Waals surface area contributed by atoms with Crippen LogP contribution in [0.4, 0.5) is 0 Å². The first-order valence-electron chi connectivity index (χ1n) is 9.03. The maximum Gasteiger partial charge on any atom is 0.258 e. The van der Waals surface area contributed by atoms with Gasteiger partial charge in [-0.25, -0.2) is 4.99 Å². The highest BCUT2D eigenvalue weighted by molar-refractivity contribution is 6.10. The Labute approximate surface area is 163 Å². The van der Waals surface area contributed by atoms with E-state index in [2.05, 4.69) is 22.5 Å². The van der Waals surface area contributed by atoms with Crippen molar-refractivity contribution in [3.05, 3.63) is 59.2 Å². The molecule has 2 amide bonds. The minimum absolute atomic E-state index is 0.132. The van der Waals surface area contributed by atoms with Crippen molar-refractivity contribution in [2.24, 2.45) is 4.99 Å². The number of nitrogens with one attached hydrogen (secondary N) is 2. The number of aliphatic imine (C=N–C) groups is 1. The number of benzene rings is 2. The summed E-state index contributed by atoms with van der Waals surface area (Å²) >= 11 is 0. The van der Waals surface area contributed by atoms with Gasteiger partial charge in [-0.15, -0.1) is 0 Å². The second-order valence-electron chi connectivity index (χ2n) is 6.40. The minimum atomic E-state index is -0.418. The van der Waals surface area contributed by atoms with E-state index in [0.29, 0.717) is 17.1 Å². The monoisotopic (exact) mass is 381 g/mol. The molecule has 0 radical (unpaired) electrons. The molecule has 1 aliphatic rings. The molecule has 0 aromatic heterocycles. The normalized spacial score (nSPS) is 16.0. The van der Waals surface area contributed by atoms with Crippen LogP contribution in [0.25, 0.3) is 0 Å². The number of aryl methyl sites for hydroxylation is 1. The molecule has 0 bridgehead atoms. The van der Waals surface area contributed by atoms with Crippen molar-refractivity contribution in [3.63, 3.8) is 0 Å². The van der Waals surface area contributed by atoms with Gasteiger partial charge < -0.3 is 9.47 Å². The van der Waals surface area contributed by atoms with Crippen molar-refractivity contribution in [3.8, 4) is 11.5 Å². The standard InChI is InChI=1S/C21H23N3O4/c1-4-13-5-7-14(8-6-13)18-12-19(25)23-21(22-18)24-20(26)15-9-16(27-2)11-17(10-15)28-3/h5-11,18H,4,12H2,1-3H3,(H2,22,23,24,25,26). The molecule has 0 saturated carbocycles. The Balaban J connectivity index is 1.81. The molecule has 1 heterocycles. The quantitative estimate of drug-likeness (QED) is 0.833. The molecule has 0 spiro atoms. The molecule has 2 aromatic carbocycles. The van der Waals surface area contributed by atoms with E-state index >= 15 is 0 Å². The van der Waals surface area contributed by atoms with Crippen LogP contribution in [0.2, 0.25) is 0 Å². The van der Waals surface area contributed by atoms with Crippen molar-refractivity contribution < 1.29 is 19.1 Å². The van der Waals surface area contributed by atoms with E-state index in [4.69, 9.17) is 9.47 Å². The molecule has 2 aromatic rings. The van der Waals surface area contributed by atoms with Crippen LogP contribution in [0.5, 0.6) is 11.5 Å². The predicted octanol–water partition coefficient (Wildman–Crippen LogP) is 2.61. The van der Waals surface area contributed by atoms with Crippen molar-refractivity contribution in [2.45, 2.75) is 25.8 Å². The van der Waals surface area contributed by atoms with Crippen molar-refractivity contribution in [2.75, 3.05) is 14.2 Å². The van der Waals surface area contributed by atoms with Crippen LogP contribution in [-0.2, 0) is 11.2 Å². The third kappa shape index (κ3) is 4.49. The van der Waals surface area contributed by atoms with Gasteiger partial charge in [0.15, 0.2) is 0 Å². The van der Waals surface area contributed by atoms with Gasteiger partial charge in [0.25, 0.3) is 5.91 Å². The van der Waals surface area contributed by atoms with E-state index in [1.807, 2.05) is 24.3 Å². The predicted molar refractivity (Wildman–Crippen MR) is 106 cm³/mol. The van der Waals surface area contributed by atoms with E-state index in [1.165, 1.54) is 19.8 Å². The number of carbonyl (C=O) groups is 2. The van der Waals surface area contributed by atoms with Crippen LogP contribution in [-0.4, -0.2) is 32.0 Å². The summed E-state index contributed by atoms with van der Waals surface area (Å²) in [4.78, 5) is 29.2. The zero-order valence-electron chi connectivity index (χ0n) is 16.1. The summed E-state index contributed by atoms with van der Waals surface area (Å²) in [6, 6.07) is 12.5. The van der Waals surface area contributed by atoms with Crippen molar-refractivity contribution >= 4 is 17.8 Å². The number of ether oxygens (including phenoxy) is 2. The fourth-order valence-corrected chi connectivity index (χ4v) is 2.94.